The number of aromatic nitrogens is 7. The lowest BCUT2D eigenvalue weighted by molar-refractivity contribution is -0.144. The number of H-pyrrole nitrogens is 2. The molecule has 2 N–H and O–H groups in total. The number of hydrogen-bond donors (Lipinski definition) is 2. The predicted molar refractivity (Wildman–Crippen MR) is 60.0 cm³/mol. The Balaban J connectivity index is 2.10. The third-order valence-corrected chi connectivity index (χ3v) is 1.75. The monoisotopic (exact) mass is 279 g/mol. The highest BCUT2D eigenvalue weighted by Gasteiger charge is 2.19. The number of hydrogen-bond acceptors (Lipinski definition) is 11. The van der Waals surface area contributed by atoms with Gasteiger partial charge in [0.1, 0.15) is 6.33 Å². The van der Waals surface area contributed by atoms with Gasteiger partial charge in [-0.1, -0.05) is 5.10 Å². The van der Waals surface area contributed by atoms with Crippen LogP contribution in [0.2, 0.25) is 0 Å². The van der Waals surface area contributed by atoms with Crippen molar-refractivity contribution in [3.8, 4) is 0 Å². The molecule has 0 radical (unpaired) electrons. The minimum atomic E-state index is -1.29. The van der Waals surface area contributed by atoms with E-state index in [9.17, 15) is 4.79 Å². The first-order valence-electron chi connectivity index (χ1n) is 5.36. The zero-order chi connectivity index (χ0) is 14.2. The topological polar surface area (TPSA) is 172 Å². The van der Waals surface area contributed by atoms with Gasteiger partial charge in [-0.15, -0.1) is 25.6 Å². The van der Waals surface area contributed by atoms with Gasteiger partial charge in [-0.3, -0.25) is 0 Å². The SMILES string of the molecule is CCOC(=O)[C@H](N=Nc1nn[nH]n1)N=Nc1ncn[nH]1. The van der Waals surface area contributed by atoms with E-state index < -0.39 is 12.1 Å². The maximum Gasteiger partial charge on any atom is 0.357 e. The van der Waals surface area contributed by atoms with Gasteiger partial charge >= 0.3 is 11.9 Å². The molecular formula is C7H9N11O2. The van der Waals surface area contributed by atoms with Gasteiger partial charge in [0.25, 0.3) is 12.1 Å². The fraction of sp³-hybridized carbons (Fsp3) is 0.429. The summed E-state index contributed by atoms with van der Waals surface area (Å²) in [5, 5.41) is 33.1. The second-order valence-electron chi connectivity index (χ2n) is 3.08. The smallest absolute Gasteiger partial charge is 0.357 e. The van der Waals surface area contributed by atoms with Crippen LogP contribution < -0.4 is 0 Å². The molecule has 2 heterocycles. The van der Waals surface area contributed by atoms with Crippen LogP contribution in [-0.2, 0) is 9.53 Å². The highest BCUT2D eigenvalue weighted by molar-refractivity contribution is 5.75. The Morgan fingerprint density at radius 3 is 2.95 bits per heavy atom. The number of azo groups is 2. The summed E-state index contributed by atoms with van der Waals surface area (Å²) in [5.41, 5.74) is 0. The summed E-state index contributed by atoms with van der Waals surface area (Å²) in [7, 11) is 0. The Morgan fingerprint density at radius 2 is 2.30 bits per heavy atom. The van der Waals surface area contributed by atoms with E-state index in [2.05, 4.69) is 56.3 Å². The molecular weight excluding hydrogens is 270 g/mol. The van der Waals surface area contributed by atoms with Gasteiger partial charge in [0, 0.05) is 0 Å². The quantitative estimate of drug-likeness (QED) is 0.556. The molecule has 13 nitrogen and oxygen atoms in total. The molecule has 0 fully saturated rings. The van der Waals surface area contributed by atoms with Crippen molar-refractivity contribution in [2.24, 2.45) is 20.5 Å². The van der Waals surface area contributed by atoms with Crippen LogP contribution in [0.25, 0.3) is 0 Å². The van der Waals surface area contributed by atoms with Crippen LogP contribution in [0.15, 0.2) is 26.8 Å². The Hall–Kier alpha value is -3.12. The number of ether oxygens (including phenoxy) is 1. The molecule has 0 spiro atoms. The average molecular weight is 279 g/mol. The molecule has 104 valence electrons. The molecule has 0 saturated carbocycles. The lowest BCUT2D eigenvalue weighted by Crippen LogP contribution is -2.18. The Bertz CT molecular complexity index is 530. The van der Waals surface area contributed by atoms with E-state index in [1.165, 1.54) is 6.33 Å². The second-order valence-corrected chi connectivity index (χ2v) is 3.08. The number of rotatable bonds is 6. The summed E-state index contributed by atoms with van der Waals surface area (Å²) in [6, 6.07) is 0. The zero-order valence-electron chi connectivity index (χ0n) is 10.2. The van der Waals surface area contributed by atoms with Crippen LogP contribution in [0.4, 0.5) is 11.9 Å². The first-order chi connectivity index (χ1) is 9.79. The van der Waals surface area contributed by atoms with E-state index in [0.29, 0.717) is 0 Å². The number of nitrogens with zero attached hydrogens (tertiary/aromatic N) is 9. The standard InChI is InChI=1S/C7H9N11O2/c1-2-20-5(19)4(10-13-6-8-3-9-12-6)11-14-7-15-17-18-16-7/h3-4H,2H2,1H3,(H,8,9,12)(H,15,16,17,18)/t4-/m0/s1. The van der Waals surface area contributed by atoms with Crippen LogP contribution in [0.1, 0.15) is 6.92 Å². The highest BCUT2D eigenvalue weighted by Crippen LogP contribution is 2.08. The molecule has 0 aliphatic rings. The maximum absolute atomic E-state index is 11.6. The fourth-order valence-corrected chi connectivity index (χ4v) is 0.996. The van der Waals surface area contributed by atoms with Crippen molar-refractivity contribution >= 4 is 17.9 Å². The molecule has 2 aromatic heterocycles. The Labute approximate surface area is 111 Å². The molecule has 13 heteroatoms. The number of tetrazole rings is 1. The predicted octanol–water partition coefficient (Wildman–Crippen LogP) is 0.0746. The summed E-state index contributed by atoms with van der Waals surface area (Å²) in [6.07, 6.45) is -0.0484. The van der Waals surface area contributed by atoms with Crippen LogP contribution in [0.5, 0.6) is 0 Å². The summed E-state index contributed by atoms with van der Waals surface area (Å²) in [6.45, 7) is 1.82. The van der Waals surface area contributed by atoms with Crippen molar-refractivity contribution in [1.82, 2.24) is 35.8 Å². The van der Waals surface area contributed by atoms with E-state index in [1.54, 1.807) is 6.92 Å². The molecule has 0 aromatic carbocycles. The van der Waals surface area contributed by atoms with E-state index in [0.717, 1.165) is 0 Å². The molecule has 0 unspecified atom stereocenters. The van der Waals surface area contributed by atoms with E-state index in [1.807, 2.05) is 0 Å². The third kappa shape index (κ3) is 3.69. The molecule has 2 aromatic rings. The fourth-order valence-electron chi connectivity index (χ4n) is 0.996. The summed E-state index contributed by atoms with van der Waals surface area (Å²) >= 11 is 0. The lowest BCUT2D eigenvalue weighted by atomic mass is 10.5. The van der Waals surface area contributed by atoms with Gasteiger partial charge < -0.3 is 4.74 Å². The third-order valence-electron chi connectivity index (χ3n) is 1.75. The van der Waals surface area contributed by atoms with Crippen molar-refractivity contribution < 1.29 is 9.53 Å². The number of carbonyl (C=O) groups excluding carboxylic acids is 1. The van der Waals surface area contributed by atoms with Gasteiger partial charge in [0.2, 0.25) is 0 Å². The van der Waals surface area contributed by atoms with Crippen LogP contribution in [0, 0.1) is 0 Å². The van der Waals surface area contributed by atoms with Gasteiger partial charge in [0.05, 0.1) is 6.61 Å². The lowest BCUT2D eigenvalue weighted by Gasteiger charge is -2.03. The number of nitrogens with one attached hydrogen (secondary N) is 2. The molecule has 0 aliphatic carbocycles. The minimum Gasteiger partial charge on any atom is -0.463 e. The maximum atomic E-state index is 11.6. The average Bonchev–Trinajstić information content (AvgIpc) is 3.12. The summed E-state index contributed by atoms with van der Waals surface area (Å²) < 4.78 is 4.79. The molecule has 0 saturated heterocycles. The van der Waals surface area contributed by atoms with Crippen molar-refractivity contribution in [2.75, 3.05) is 6.61 Å². The molecule has 2 rings (SSSR count). The van der Waals surface area contributed by atoms with Crippen LogP contribution >= 0.6 is 0 Å². The first-order valence-corrected chi connectivity index (χ1v) is 5.36. The van der Waals surface area contributed by atoms with Crippen LogP contribution in [-0.4, -0.2) is 54.5 Å². The number of esters is 1. The normalized spacial score (nSPS) is 13.1. The van der Waals surface area contributed by atoms with E-state index >= 15 is 0 Å². The van der Waals surface area contributed by atoms with Gasteiger partial charge in [0.15, 0.2) is 0 Å². The molecule has 0 amide bonds. The van der Waals surface area contributed by atoms with Crippen molar-refractivity contribution in [1.29, 1.82) is 0 Å². The minimum absolute atomic E-state index is 0.0471. The van der Waals surface area contributed by atoms with E-state index in [4.69, 9.17) is 4.74 Å². The van der Waals surface area contributed by atoms with Gasteiger partial charge in [-0.25, -0.2) is 9.89 Å². The van der Waals surface area contributed by atoms with Crippen LogP contribution in [0.3, 0.4) is 0 Å². The Morgan fingerprint density at radius 1 is 1.45 bits per heavy atom. The van der Waals surface area contributed by atoms with E-state index in [-0.39, 0.29) is 18.5 Å². The Kier molecular flexibility index (Phi) is 4.47. The molecule has 0 bridgehead atoms. The van der Waals surface area contributed by atoms with Crippen molar-refractivity contribution in [3.63, 3.8) is 0 Å². The molecule has 20 heavy (non-hydrogen) atoms. The van der Waals surface area contributed by atoms with Gasteiger partial charge in [-0.2, -0.15) is 15.3 Å². The molecule has 0 aliphatic heterocycles. The second kappa shape index (κ2) is 6.72. The first kappa shape index (κ1) is 13.3. The van der Waals surface area contributed by atoms with Crippen molar-refractivity contribution in [3.05, 3.63) is 6.33 Å². The summed E-state index contributed by atoms with van der Waals surface area (Å²) in [4.78, 5) is 15.3. The summed E-state index contributed by atoms with van der Waals surface area (Å²) in [5.74, 6) is -0.647. The van der Waals surface area contributed by atoms with Gasteiger partial charge in [-0.05, 0) is 12.1 Å². The van der Waals surface area contributed by atoms with Crippen molar-refractivity contribution in [2.45, 2.75) is 13.1 Å². The largest absolute Gasteiger partial charge is 0.463 e. The number of carbonyl (C=O) groups is 1. The zero-order valence-corrected chi connectivity index (χ0v) is 10.2. The number of aromatic amines is 2. The molecule has 1 atom stereocenters. The highest BCUT2D eigenvalue weighted by atomic mass is 16.5.